The summed E-state index contributed by atoms with van der Waals surface area (Å²) in [5.41, 5.74) is 3.36. The first kappa shape index (κ1) is 12.8. The molecule has 6 heteroatoms. The van der Waals surface area contributed by atoms with Crippen molar-refractivity contribution in [2.24, 2.45) is 0 Å². The van der Waals surface area contributed by atoms with Crippen LogP contribution in [0.2, 0.25) is 0 Å². The SMILES string of the molecule is Cc1ccn2c(C#N)c(-c3ccc([N+](=O)[O-])cc3)nc2c1. The van der Waals surface area contributed by atoms with E-state index in [1.54, 1.807) is 22.7 Å². The van der Waals surface area contributed by atoms with Crippen molar-refractivity contribution < 1.29 is 4.92 Å². The van der Waals surface area contributed by atoms with E-state index in [0.717, 1.165) is 5.56 Å². The zero-order valence-corrected chi connectivity index (χ0v) is 11.1. The highest BCUT2D eigenvalue weighted by atomic mass is 16.6. The minimum atomic E-state index is -0.456. The predicted molar refractivity (Wildman–Crippen MR) is 76.7 cm³/mol. The number of rotatable bonds is 2. The molecular weight excluding hydrogens is 268 g/mol. The minimum Gasteiger partial charge on any atom is -0.291 e. The number of nitro benzene ring substituents is 1. The summed E-state index contributed by atoms with van der Waals surface area (Å²) < 4.78 is 1.71. The highest BCUT2D eigenvalue weighted by Crippen LogP contribution is 2.26. The molecule has 0 N–H and O–H groups in total. The molecule has 0 atom stereocenters. The van der Waals surface area contributed by atoms with Crippen LogP contribution in [0.25, 0.3) is 16.9 Å². The number of hydrogen-bond donors (Lipinski definition) is 0. The molecule has 0 radical (unpaired) electrons. The van der Waals surface area contributed by atoms with E-state index in [1.807, 2.05) is 19.1 Å². The van der Waals surface area contributed by atoms with Gasteiger partial charge >= 0.3 is 0 Å². The number of nitrogens with zero attached hydrogens (tertiary/aromatic N) is 4. The lowest BCUT2D eigenvalue weighted by atomic mass is 10.1. The lowest BCUT2D eigenvalue weighted by Crippen LogP contribution is -1.90. The average molecular weight is 278 g/mol. The summed E-state index contributed by atoms with van der Waals surface area (Å²) >= 11 is 0. The molecule has 0 saturated heterocycles. The largest absolute Gasteiger partial charge is 0.291 e. The second kappa shape index (κ2) is 4.72. The molecule has 0 spiro atoms. The number of pyridine rings is 1. The number of nitro groups is 1. The molecule has 3 rings (SSSR count). The fourth-order valence-electron chi connectivity index (χ4n) is 2.20. The van der Waals surface area contributed by atoms with Crippen LogP contribution in [-0.2, 0) is 0 Å². The third kappa shape index (κ3) is 2.11. The first-order valence-electron chi connectivity index (χ1n) is 6.24. The lowest BCUT2D eigenvalue weighted by Gasteiger charge is -1.98. The highest BCUT2D eigenvalue weighted by molar-refractivity contribution is 5.70. The third-order valence-corrected chi connectivity index (χ3v) is 3.24. The molecule has 0 aliphatic rings. The monoisotopic (exact) mass is 278 g/mol. The van der Waals surface area contributed by atoms with Crippen LogP contribution >= 0.6 is 0 Å². The van der Waals surface area contributed by atoms with Crippen LogP contribution in [0.5, 0.6) is 0 Å². The molecule has 0 bridgehead atoms. The summed E-state index contributed by atoms with van der Waals surface area (Å²) in [4.78, 5) is 14.7. The smallest absolute Gasteiger partial charge is 0.269 e. The quantitative estimate of drug-likeness (QED) is 0.532. The molecule has 0 amide bonds. The number of nitriles is 1. The Balaban J connectivity index is 2.20. The molecular formula is C15H10N4O2. The Morgan fingerprint density at radius 3 is 2.62 bits per heavy atom. The van der Waals surface area contributed by atoms with E-state index in [4.69, 9.17) is 0 Å². The van der Waals surface area contributed by atoms with Crippen molar-refractivity contribution in [2.75, 3.05) is 0 Å². The Labute approximate surface area is 120 Å². The molecule has 0 fully saturated rings. The standard InChI is InChI=1S/C15H10N4O2/c1-10-6-7-18-13(9-16)15(17-14(18)8-10)11-2-4-12(5-3-11)19(20)21/h2-8H,1H3. The van der Waals surface area contributed by atoms with Crippen LogP contribution < -0.4 is 0 Å². The molecule has 102 valence electrons. The molecule has 0 unspecified atom stereocenters. The molecule has 6 nitrogen and oxygen atoms in total. The van der Waals surface area contributed by atoms with Gasteiger partial charge in [-0.1, -0.05) is 0 Å². The van der Waals surface area contributed by atoms with Gasteiger partial charge in [-0.3, -0.25) is 14.5 Å². The van der Waals surface area contributed by atoms with Gasteiger partial charge in [0, 0.05) is 23.9 Å². The number of non-ortho nitro benzene ring substituents is 1. The van der Waals surface area contributed by atoms with Crippen LogP contribution in [-0.4, -0.2) is 14.3 Å². The molecule has 3 aromatic rings. The van der Waals surface area contributed by atoms with Gasteiger partial charge in [0.2, 0.25) is 0 Å². The van der Waals surface area contributed by atoms with E-state index in [9.17, 15) is 15.4 Å². The van der Waals surface area contributed by atoms with E-state index < -0.39 is 4.92 Å². The summed E-state index contributed by atoms with van der Waals surface area (Å²) in [6.45, 7) is 1.95. The van der Waals surface area contributed by atoms with E-state index >= 15 is 0 Å². The fourth-order valence-corrected chi connectivity index (χ4v) is 2.20. The van der Waals surface area contributed by atoms with Gasteiger partial charge in [-0.15, -0.1) is 0 Å². The van der Waals surface area contributed by atoms with Crippen molar-refractivity contribution in [3.05, 3.63) is 64.0 Å². The summed E-state index contributed by atoms with van der Waals surface area (Å²) in [5.74, 6) is 0. The van der Waals surface area contributed by atoms with Crippen molar-refractivity contribution in [1.29, 1.82) is 5.26 Å². The summed E-state index contributed by atoms with van der Waals surface area (Å²) in [5, 5.41) is 20.0. The number of fused-ring (bicyclic) bond motifs is 1. The van der Waals surface area contributed by atoms with Crippen molar-refractivity contribution >= 4 is 11.3 Å². The zero-order valence-electron chi connectivity index (χ0n) is 11.1. The Bertz CT molecular complexity index is 888. The molecule has 2 aromatic heterocycles. The van der Waals surface area contributed by atoms with E-state index in [1.165, 1.54) is 12.1 Å². The number of benzene rings is 1. The van der Waals surface area contributed by atoms with Gasteiger partial charge in [-0.05, 0) is 36.8 Å². The van der Waals surface area contributed by atoms with Crippen LogP contribution in [0.4, 0.5) is 5.69 Å². The van der Waals surface area contributed by atoms with Gasteiger partial charge in [0.1, 0.15) is 17.4 Å². The Hall–Kier alpha value is -3.20. The van der Waals surface area contributed by atoms with E-state index in [0.29, 0.717) is 22.6 Å². The van der Waals surface area contributed by atoms with Gasteiger partial charge in [0.15, 0.2) is 5.69 Å². The van der Waals surface area contributed by atoms with Crippen molar-refractivity contribution in [2.45, 2.75) is 6.92 Å². The maximum Gasteiger partial charge on any atom is 0.269 e. The second-order valence-electron chi connectivity index (χ2n) is 4.66. The van der Waals surface area contributed by atoms with Crippen LogP contribution in [0.3, 0.4) is 0 Å². The third-order valence-electron chi connectivity index (χ3n) is 3.24. The summed E-state index contributed by atoms with van der Waals surface area (Å²) in [7, 11) is 0. The average Bonchev–Trinajstić information content (AvgIpc) is 2.84. The highest BCUT2D eigenvalue weighted by Gasteiger charge is 2.14. The molecule has 2 heterocycles. The van der Waals surface area contributed by atoms with Crippen LogP contribution in [0, 0.1) is 28.4 Å². The first-order valence-corrected chi connectivity index (χ1v) is 6.24. The normalized spacial score (nSPS) is 10.5. The zero-order chi connectivity index (χ0) is 15.0. The molecule has 0 aliphatic carbocycles. The number of hydrogen-bond acceptors (Lipinski definition) is 4. The number of aryl methyl sites for hydroxylation is 1. The predicted octanol–water partition coefficient (Wildman–Crippen LogP) is 3.09. The maximum absolute atomic E-state index is 10.7. The van der Waals surface area contributed by atoms with Crippen molar-refractivity contribution in [3.63, 3.8) is 0 Å². The van der Waals surface area contributed by atoms with Crippen molar-refractivity contribution in [1.82, 2.24) is 9.38 Å². The fraction of sp³-hybridized carbons (Fsp3) is 0.0667. The summed E-state index contributed by atoms with van der Waals surface area (Å²) in [6.07, 6.45) is 1.80. The second-order valence-corrected chi connectivity index (χ2v) is 4.66. The van der Waals surface area contributed by atoms with Gasteiger partial charge < -0.3 is 0 Å². The maximum atomic E-state index is 10.7. The van der Waals surface area contributed by atoms with Crippen molar-refractivity contribution in [3.8, 4) is 17.3 Å². The number of aromatic nitrogens is 2. The Kier molecular flexibility index (Phi) is 2.88. The van der Waals surface area contributed by atoms with Gasteiger partial charge in [0.05, 0.1) is 4.92 Å². The molecule has 0 saturated carbocycles. The number of imidazole rings is 1. The Morgan fingerprint density at radius 2 is 2.00 bits per heavy atom. The summed E-state index contributed by atoms with van der Waals surface area (Å²) in [6, 6.07) is 11.9. The minimum absolute atomic E-state index is 0.0110. The van der Waals surface area contributed by atoms with Gasteiger partial charge in [-0.25, -0.2) is 4.98 Å². The Morgan fingerprint density at radius 1 is 1.29 bits per heavy atom. The molecule has 0 aliphatic heterocycles. The lowest BCUT2D eigenvalue weighted by molar-refractivity contribution is -0.384. The molecule has 21 heavy (non-hydrogen) atoms. The van der Waals surface area contributed by atoms with Crippen LogP contribution in [0.1, 0.15) is 11.3 Å². The molecule has 1 aromatic carbocycles. The topological polar surface area (TPSA) is 84.2 Å². The van der Waals surface area contributed by atoms with Crippen LogP contribution in [0.15, 0.2) is 42.6 Å². The van der Waals surface area contributed by atoms with Gasteiger partial charge in [0.25, 0.3) is 5.69 Å². The van der Waals surface area contributed by atoms with E-state index in [-0.39, 0.29) is 5.69 Å². The first-order chi connectivity index (χ1) is 10.1. The van der Waals surface area contributed by atoms with E-state index in [2.05, 4.69) is 11.1 Å². The van der Waals surface area contributed by atoms with Gasteiger partial charge in [-0.2, -0.15) is 5.26 Å².